The van der Waals surface area contributed by atoms with E-state index in [1.165, 1.54) is 0 Å². The van der Waals surface area contributed by atoms with Gasteiger partial charge in [-0.2, -0.15) is 5.10 Å². The predicted molar refractivity (Wildman–Crippen MR) is 89.9 cm³/mol. The lowest BCUT2D eigenvalue weighted by atomic mass is 9.89. The Labute approximate surface area is 137 Å². The number of nitrogens with zero attached hydrogens (tertiary/aromatic N) is 2. The molecule has 1 amide bonds. The maximum absolute atomic E-state index is 12.8. The SMILES string of the molecule is CCC(NC(=O)[C@H]1CNC[C@@H]1c1cnn(C)c1)c1ccccc1. The highest BCUT2D eigenvalue weighted by atomic mass is 16.2. The Morgan fingerprint density at radius 1 is 1.39 bits per heavy atom. The first kappa shape index (κ1) is 15.7. The number of nitrogens with one attached hydrogen (secondary N) is 2. The van der Waals surface area contributed by atoms with Crippen molar-refractivity contribution in [3.05, 3.63) is 53.9 Å². The van der Waals surface area contributed by atoms with Crippen LogP contribution in [0.4, 0.5) is 0 Å². The van der Waals surface area contributed by atoms with Gasteiger partial charge < -0.3 is 10.6 Å². The highest BCUT2D eigenvalue weighted by Gasteiger charge is 2.35. The minimum Gasteiger partial charge on any atom is -0.349 e. The van der Waals surface area contributed by atoms with Gasteiger partial charge in [0.2, 0.25) is 5.91 Å². The molecule has 3 atom stereocenters. The number of carbonyl (C=O) groups is 1. The number of hydrogen-bond donors (Lipinski definition) is 2. The van der Waals surface area contributed by atoms with Crippen molar-refractivity contribution in [1.82, 2.24) is 20.4 Å². The van der Waals surface area contributed by atoms with Crippen LogP contribution in [0.3, 0.4) is 0 Å². The van der Waals surface area contributed by atoms with E-state index in [1.807, 2.05) is 37.6 Å². The van der Waals surface area contributed by atoms with Crippen molar-refractivity contribution in [2.24, 2.45) is 13.0 Å². The molecule has 2 N–H and O–H groups in total. The Morgan fingerprint density at radius 2 is 2.17 bits per heavy atom. The van der Waals surface area contributed by atoms with E-state index in [9.17, 15) is 4.79 Å². The summed E-state index contributed by atoms with van der Waals surface area (Å²) in [6.07, 6.45) is 4.76. The van der Waals surface area contributed by atoms with E-state index < -0.39 is 0 Å². The molecule has 1 fully saturated rings. The lowest BCUT2D eigenvalue weighted by Crippen LogP contribution is -2.36. The first-order valence-electron chi connectivity index (χ1n) is 8.23. The van der Waals surface area contributed by atoms with Gasteiger partial charge in [-0.25, -0.2) is 0 Å². The second kappa shape index (κ2) is 6.96. The van der Waals surface area contributed by atoms with Crippen LogP contribution in [-0.2, 0) is 11.8 Å². The van der Waals surface area contributed by atoms with Gasteiger partial charge in [0.25, 0.3) is 0 Å². The van der Waals surface area contributed by atoms with Crippen molar-refractivity contribution < 1.29 is 4.79 Å². The first-order valence-corrected chi connectivity index (χ1v) is 8.23. The van der Waals surface area contributed by atoms with Crippen LogP contribution >= 0.6 is 0 Å². The summed E-state index contributed by atoms with van der Waals surface area (Å²) in [6.45, 7) is 3.64. The van der Waals surface area contributed by atoms with Crippen LogP contribution in [0.2, 0.25) is 0 Å². The van der Waals surface area contributed by atoms with Crippen LogP contribution in [0.15, 0.2) is 42.7 Å². The quantitative estimate of drug-likeness (QED) is 0.888. The van der Waals surface area contributed by atoms with Crippen molar-refractivity contribution in [2.75, 3.05) is 13.1 Å². The fourth-order valence-corrected chi connectivity index (χ4v) is 3.32. The summed E-state index contributed by atoms with van der Waals surface area (Å²) >= 11 is 0. The van der Waals surface area contributed by atoms with Crippen molar-refractivity contribution in [2.45, 2.75) is 25.3 Å². The van der Waals surface area contributed by atoms with Gasteiger partial charge in [0, 0.05) is 32.3 Å². The van der Waals surface area contributed by atoms with Crippen LogP contribution in [0, 0.1) is 5.92 Å². The minimum absolute atomic E-state index is 0.0445. The molecule has 1 saturated heterocycles. The number of aryl methyl sites for hydroxylation is 1. The van der Waals surface area contributed by atoms with Crippen molar-refractivity contribution >= 4 is 5.91 Å². The Bertz CT molecular complexity index is 652. The largest absolute Gasteiger partial charge is 0.349 e. The van der Waals surface area contributed by atoms with E-state index in [0.29, 0.717) is 0 Å². The molecule has 0 spiro atoms. The number of amides is 1. The summed E-state index contributed by atoms with van der Waals surface area (Å²) in [5.41, 5.74) is 2.29. The molecule has 1 aliphatic rings. The number of rotatable bonds is 5. The summed E-state index contributed by atoms with van der Waals surface area (Å²) < 4.78 is 1.79. The molecule has 0 aliphatic carbocycles. The van der Waals surface area contributed by atoms with E-state index in [4.69, 9.17) is 0 Å². The lowest BCUT2D eigenvalue weighted by Gasteiger charge is -2.22. The van der Waals surface area contributed by atoms with Gasteiger partial charge in [0.15, 0.2) is 0 Å². The zero-order chi connectivity index (χ0) is 16.2. The molecule has 1 aromatic heterocycles. The molecule has 23 heavy (non-hydrogen) atoms. The molecule has 1 unspecified atom stereocenters. The number of benzene rings is 1. The highest BCUT2D eigenvalue weighted by Crippen LogP contribution is 2.29. The normalized spacial score (nSPS) is 22.0. The number of hydrogen-bond acceptors (Lipinski definition) is 3. The van der Waals surface area contributed by atoms with Gasteiger partial charge >= 0.3 is 0 Å². The maximum Gasteiger partial charge on any atom is 0.225 e. The zero-order valence-corrected chi connectivity index (χ0v) is 13.7. The van der Waals surface area contributed by atoms with Gasteiger partial charge in [0.1, 0.15) is 0 Å². The second-order valence-electron chi connectivity index (χ2n) is 6.20. The van der Waals surface area contributed by atoms with Crippen LogP contribution in [0.25, 0.3) is 0 Å². The zero-order valence-electron chi connectivity index (χ0n) is 13.7. The molecule has 1 aliphatic heterocycles. The topological polar surface area (TPSA) is 59.0 Å². The molecular formula is C18H24N4O. The van der Waals surface area contributed by atoms with E-state index in [2.05, 4.69) is 34.8 Å². The third kappa shape index (κ3) is 3.45. The third-order valence-corrected chi connectivity index (χ3v) is 4.63. The maximum atomic E-state index is 12.8. The van der Waals surface area contributed by atoms with Crippen molar-refractivity contribution in [1.29, 1.82) is 0 Å². The fraction of sp³-hybridized carbons (Fsp3) is 0.444. The standard InChI is InChI=1S/C18H24N4O/c1-3-17(13-7-5-4-6-8-13)21-18(23)16-11-19-10-15(16)14-9-20-22(2)12-14/h4-9,12,15-17,19H,3,10-11H2,1-2H3,(H,21,23)/t15-,16+,17?/m1/s1. The Morgan fingerprint density at radius 3 is 2.83 bits per heavy atom. The highest BCUT2D eigenvalue weighted by molar-refractivity contribution is 5.81. The molecule has 2 aromatic rings. The van der Waals surface area contributed by atoms with Crippen molar-refractivity contribution in [3.8, 4) is 0 Å². The molecule has 5 heteroatoms. The molecule has 2 heterocycles. The Balaban J connectivity index is 1.71. The average Bonchev–Trinajstić information content (AvgIpc) is 3.21. The summed E-state index contributed by atoms with van der Waals surface area (Å²) in [7, 11) is 1.91. The molecule has 122 valence electrons. The second-order valence-corrected chi connectivity index (χ2v) is 6.20. The van der Waals surface area contributed by atoms with E-state index in [1.54, 1.807) is 4.68 Å². The van der Waals surface area contributed by atoms with Gasteiger partial charge in [-0.3, -0.25) is 9.48 Å². The third-order valence-electron chi connectivity index (χ3n) is 4.63. The summed E-state index contributed by atoms with van der Waals surface area (Å²) in [5.74, 6) is 0.272. The molecule has 1 aromatic carbocycles. The van der Waals surface area contributed by atoms with Gasteiger partial charge in [0.05, 0.1) is 18.2 Å². The summed E-state index contributed by atoms with van der Waals surface area (Å²) in [6, 6.07) is 10.2. The van der Waals surface area contributed by atoms with Gasteiger partial charge in [-0.15, -0.1) is 0 Å². The minimum atomic E-state index is -0.0445. The monoisotopic (exact) mass is 312 g/mol. The Kier molecular flexibility index (Phi) is 4.76. The van der Waals surface area contributed by atoms with Crippen LogP contribution in [0.1, 0.15) is 36.4 Å². The van der Waals surface area contributed by atoms with Gasteiger partial charge in [-0.05, 0) is 17.5 Å². The smallest absolute Gasteiger partial charge is 0.225 e. The van der Waals surface area contributed by atoms with E-state index in [0.717, 1.165) is 30.6 Å². The molecule has 5 nitrogen and oxygen atoms in total. The summed E-state index contributed by atoms with van der Waals surface area (Å²) in [4.78, 5) is 12.8. The molecular weight excluding hydrogens is 288 g/mol. The fourth-order valence-electron chi connectivity index (χ4n) is 3.32. The molecule has 0 radical (unpaired) electrons. The van der Waals surface area contributed by atoms with Crippen LogP contribution < -0.4 is 10.6 Å². The number of carbonyl (C=O) groups excluding carboxylic acids is 1. The van der Waals surface area contributed by atoms with E-state index in [-0.39, 0.29) is 23.8 Å². The van der Waals surface area contributed by atoms with E-state index >= 15 is 0 Å². The summed E-state index contributed by atoms with van der Waals surface area (Å²) in [5, 5.41) is 10.8. The van der Waals surface area contributed by atoms with Crippen molar-refractivity contribution in [3.63, 3.8) is 0 Å². The van der Waals surface area contributed by atoms with Gasteiger partial charge in [-0.1, -0.05) is 37.3 Å². The molecule has 0 saturated carbocycles. The molecule has 0 bridgehead atoms. The first-order chi connectivity index (χ1) is 11.2. The predicted octanol–water partition coefficient (Wildman–Crippen LogP) is 1.99. The van der Waals surface area contributed by atoms with Crippen LogP contribution in [-0.4, -0.2) is 28.8 Å². The Hall–Kier alpha value is -2.14. The average molecular weight is 312 g/mol. The van der Waals surface area contributed by atoms with Crippen LogP contribution in [0.5, 0.6) is 0 Å². The number of aromatic nitrogens is 2. The lowest BCUT2D eigenvalue weighted by molar-refractivity contribution is -0.125. The molecule has 3 rings (SSSR count).